The van der Waals surface area contributed by atoms with E-state index in [9.17, 15) is 9.59 Å². The van der Waals surface area contributed by atoms with E-state index in [1.54, 1.807) is 23.1 Å². The van der Waals surface area contributed by atoms with Gasteiger partial charge in [0.15, 0.2) is 0 Å². The molecule has 0 unspecified atom stereocenters. The number of amides is 2. The van der Waals surface area contributed by atoms with Gasteiger partial charge in [-0.1, -0.05) is 6.07 Å². The quantitative estimate of drug-likeness (QED) is 0.836. The van der Waals surface area contributed by atoms with Crippen LogP contribution in [0.1, 0.15) is 28.8 Å². The van der Waals surface area contributed by atoms with Crippen LogP contribution >= 0.6 is 11.3 Å². The van der Waals surface area contributed by atoms with E-state index in [1.165, 1.54) is 11.3 Å². The molecule has 0 saturated carbocycles. The second kappa shape index (κ2) is 6.01. The van der Waals surface area contributed by atoms with Gasteiger partial charge in [-0.25, -0.2) is 0 Å². The highest BCUT2D eigenvalue weighted by Crippen LogP contribution is 2.42. The van der Waals surface area contributed by atoms with E-state index < -0.39 is 0 Å². The summed E-state index contributed by atoms with van der Waals surface area (Å²) >= 11 is 1.52. The third kappa shape index (κ3) is 2.81. The van der Waals surface area contributed by atoms with Crippen molar-refractivity contribution in [2.24, 2.45) is 5.41 Å². The molecule has 0 N–H and O–H groups in total. The number of nitriles is 1. The Morgan fingerprint density at radius 1 is 1.28 bits per heavy atom. The van der Waals surface area contributed by atoms with Gasteiger partial charge in [0, 0.05) is 42.5 Å². The Morgan fingerprint density at radius 2 is 2.16 bits per heavy atom. The van der Waals surface area contributed by atoms with Gasteiger partial charge in [0.2, 0.25) is 5.91 Å². The molecule has 4 rings (SSSR count). The molecule has 2 amide bonds. The second-order valence-corrected chi connectivity index (χ2v) is 7.59. The van der Waals surface area contributed by atoms with Crippen LogP contribution in [0.25, 0.3) is 0 Å². The van der Waals surface area contributed by atoms with Crippen LogP contribution < -0.4 is 4.90 Å². The van der Waals surface area contributed by atoms with Gasteiger partial charge in [0.1, 0.15) is 0 Å². The lowest BCUT2D eigenvalue weighted by Gasteiger charge is -2.24. The Kier molecular flexibility index (Phi) is 3.81. The van der Waals surface area contributed by atoms with Crippen LogP contribution in [0.2, 0.25) is 0 Å². The average molecular weight is 351 g/mol. The summed E-state index contributed by atoms with van der Waals surface area (Å²) in [7, 11) is 0. The largest absolute Gasteiger partial charge is 0.338 e. The highest BCUT2D eigenvalue weighted by molar-refractivity contribution is 7.08. The van der Waals surface area contributed by atoms with Crippen molar-refractivity contribution in [1.82, 2.24) is 4.90 Å². The van der Waals surface area contributed by atoms with Gasteiger partial charge >= 0.3 is 0 Å². The van der Waals surface area contributed by atoms with Crippen molar-refractivity contribution in [2.75, 3.05) is 24.5 Å². The van der Waals surface area contributed by atoms with E-state index >= 15 is 0 Å². The lowest BCUT2D eigenvalue weighted by Crippen LogP contribution is -2.34. The fraction of sp³-hybridized carbons (Fsp3) is 0.316. The molecule has 2 saturated heterocycles. The summed E-state index contributed by atoms with van der Waals surface area (Å²) in [4.78, 5) is 28.8. The van der Waals surface area contributed by atoms with Crippen molar-refractivity contribution >= 4 is 28.8 Å². The molecule has 126 valence electrons. The Bertz CT molecular complexity index is 871. The molecule has 1 aromatic heterocycles. The fourth-order valence-electron chi connectivity index (χ4n) is 3.82. The Labute approximate surface area is 150 Å². The van der Waals surface area contributed by atoms with Gasteiger partial charge in [-0.2, -0.15) is 16.6 Å². The van der Waals surface area contributed by atoms with E-state index in [0.29, 0.717) is 31.6 Å². The number of rotatable bonds is 2. The monoisotopic (exact) mass is 351 g/mol. The summed E-state index contributed by atoms with van der Waals surface area (Å²) in [5.41, 5.74) is 1.87. The predicted molar refractivity (Wildman–Crippen MR) is 95.4 cm³/mol. The maximum atomic E-state index is 12.6. The number of nitrogens with zero attached hydrogens (tertiary/aromatic N) is 3. The molecule has 6 heteroatoms. The number of thiophene rings is 1. The summed E-state index contributed by atoms with van der Waals surface area (Å²) in [6.07, 6.45) is 1.29. The van der Waals surface area contributed by atoms with Crippen LogP contribution in [-0.4, -0.2) is 36.3 Å². The molecule has 1 atom stereocenters. The average Bonchev–Trinajstić information content (AvgIpc) is 3.36. The van der Waals surface area contributed by atoms with E-state index in [0.717, 1.165) is 17.7 Å². The van der Waals surface area contributed by atoms with Crippen molar-refractivity contribution in [3.63, 3.8) is 0 Å². The lowest BCUT2D eigenvalue weighted by molar-refractivity contribution is -0.117. The van der Waals surface area contributed by atoms with Gasteiger partial charge in [-0.15, -0.1) is 0 Å². The standard InChI is InChI=1S/C19H17N3O2S/c20-10-14-2-1-3-16(8-14)22-13-19(9-17(22)23)5-6-21(12-19)18(24)15-4-7-25-11-15/h1-4,7-8,11H,5-6,9,12-13H2/t19-/m1/s1. The lowest BCUT2D eigenvalue weighted by atomic mass is 9.86. The van der Waals surface area contributed by atoms with Crippen LogP contribution in [0, 0.1) is 16.7 Å². The second-order valence-electron chi connectivity index (χ2n) is 6.81. The molecule has 2 aliphatic heterocycles. The number of anilines is 1. The molecule has 0 bridgehead atoms. The summed E-state index contributed by atoms with van der Waals surface area (Å²) in [6, 6.07) is 11.1. The topological polar surface area (TPSA) is 64.4 Å². The Morgan fingerprint density at radius 3 is 2.92 bits per heavy atom. The van der Waals surface area contributed by atoms with Crippen molar-refractivity contribution < 1.29 is 9.59 Å². The predicted octanol–water partition coefficient (Wildman–Crippen LogP) is 2.89. The van der Waals surface area contributed by atoms with Crippen LogP contribution in [-0.2, 0) is 4.79 Å². The molecule has 1 spiro atoms. The molecule has 25 heavy (non-hydrogen) atoms. The smallest absolute Gasteiger partial charge is 0.254 e. The Balaban J connectivity index is 1.52. The number of carbonyl (C=O) groups is 2. The van der Waals surface area contributed by atoms with E-state index in [2.05, 4.69) is 6.07 Å². The first-order chi connectivity index (χ1) is 12.1. The fourth-order valence-corrected chi connectivity index (χ4v) is 4.45. The van der Waals surface area contributed by atoms with E-state index in [-0.39, 0.29) is 17.2 Å². The van der Waals surface area contributed by atoms with Crippen molar-refractivity contribution in [1.29, 1.82) is 5.26 Å². The van der Waals surface area contributed by atoms with Crippen LogP contribution in [0.3, 0.4) is 0 Å². The van der Waals surface area contributed by atoms with Crippen molar-refractivity contribution in [2.45, 2.75) is 12.8 Å². The minimum atomic E-state index is -0.175. The summed E-state index contributed by atoms with van der Waals surface area (Å²) in [5, 5.41) is 12.8. The molecule has 2 aromatic rings. The van der Waals surface area contributed by atoms with Gasteiger partial charge in [-0.05, 0) is 36.1 Å². The van der Waals surface area contributed by atoms with Crippen LogP contribution in [0.4, 0.5) is 5.69 Å². The Hall–Kier alpha value is -2.65. The maximum Gasteiger partial charge on any atom is 0.254 e. The molecule has 2 aliphatic rings. The molecule has 3 heterocycles. The first-order valence-corrected chi connectivity index (χ1v) is 9.17. The molecular formula is C19H17N3O2S. The van der Waals surface area contributed by atoms with E-state index in [1.807, 2.05) is 27.8 Å². The normalized spacial score (nSPS) is 22.6. The zero-order chi connectivity index (χ0) is 17.4. The van der Waals surface area contributed by atoms with Gasteiger partial charge in [0.05, 0.1) is 17.2 Å². The maximum absolute atomic E-state index is 12.6. The molecule has 0 radical (unpaired) electrons. The third-order valence-corrected chi connectivity index (χ3v) is 5.78. The summed E-state index contributed by atoms with van der Waals surface area (Å²) in [6.45, 7) is 1.91. The number of benzene rings is 1. The highest BCUT2D eigenvalue weighted by atomic mass is 32.1. The SMILES string of the molecule is N#Cc1cccc(N2C[C@]3(CCN(C(=O)c4ccsc4)C3)CC2=O)c1. The minimum absolute atomic E-state index is 0.0514. The number of hydrogen-bond donors (Lipinski definition) is 0. The number of carbonyl (C=O) groups excluding carboxylic acids is 2. The summed E-state index contributed by atoms with van der Waals surface area (Å²) < 4.78 is 0. The first kappa shape index (κ1) is 15.9. The van der Waals surface area contributed by atoms with Crippen LogP contribution in [0.5, 0.6) is 0 Å². The van der Waals surface area contributed by atoms with Gasteiger partial charge in [0.25, 0.3) is 5.91 Å². The molecule has 2 fully saturated rings. The van der Waals surface area contributed by atoms with E-state index in [4.69, 9.17) is 5.26 Å². The first-order valence-electron chi connectivity index (χ1n) is 8.22. The van der Waals surface area contributed by atoms with Crippen molar-refractivity contribution in [3.05, 3.63) is 52.2 Å². The summed E-state index contributed by atoms with van der Waals surface area (Å²) in [5.74, 6) is 0.121. The molecular weight excluding hydrogens is 334 g/mol. The third-order valence-electron chi connectivity index (χ3n) is 5.10. The molecule has 1 aromatic carbocycles. The van der Waals surface area contributed by atoms with Gasteiger partial charge in [-0.3, -0.25) is 9.59 Å². The number of likely N-dealkylation sites (tertiary alicyclic amines) is 1. The molecule has 5 nitrogen and oxygen atoms in total. The van der Waals surface area contributed by atoms with Crippen molar-refractivity contribution in [3.8, 4) is 6.07 Å². The minimum Gasteiger partial charge on any atom is -0.338 e. The van der Waals surface area contributed by atoms with Gasteiger partial charge < -0.3 is 9.80 Å². The number of hydrogen-bond acceptors (Lipinski definition) is 4. The van der Waals surface area contributed by atoms with Crippen LogP contribution in [0.15, 0.2) is 41.1 Å². The molecule has 0 aliphatic carbocycles. The zero-order valence-corrected chi connectivity index (χ0v) is 14.5. The highest BCUT2D eigenvalue weighted by Gasteiger charge is 2.48. The zero-order valence-electron chi connectivity index (χ0n) is 13.6.